The van der Waals surface area contributed by atoms with Crippen LogP contribution in [0.2, 0.25) is 5.02 Å². The van der Waals surface area contributed by atoms with Crippen LogP contribution in [-0.2, 0) is 26.2 Å². The fourth-order valence-electron chi connectivity index (χ4n) is 2.97. The van der Waals surface area contributed by atoms with Crippen LogP contribution in [0.15, 0.2) is 48.5 Å². The Balaban J connectivity index is 2.37. The normalized spacial score (nSPS) is 12.0. The van der Waals surface area contributed by atoms with E-state index in [4.69, 9.17) is 16.3 Å². The number of para-hydroxylation sites is 1. The molecule has 0 spiro atoms. The van der Waals surface area contributed by atoms with E-state index in [9.17, 15) is 18.0 Å². The number of benzene rings is 2. The molecule has 31 heavy (non-hydrogen) atoms. The van der Waals surface area contributed by atoms with Gasteiger partial charge in [-0.15, -0.1) is 0 Å². The summed E-state index contributed by atoms with van der Waals surface area (Å²) >= 11 is 6.17. The summed E-state index contributed by atoms with van der Waals surface area (Å²) in [4.78, 5) is 26.9. The van der Waals surface area contributed by atoms with Crippen LogP contribution in [-0.4, -0.2) is 58.1 Å². The summed E-state index contributed by atoms with van der Waals surface area (Å²) in [5.41, 5.74) is 0.950. The summed E-state index contributed by atoms with van der Waals surface area (Å²) in [6.45, 7) is 1.19. The molecule has 1 atom stereocenters. The lowest BCUT2D eigenvalue weighted by Gasteiger charge is -2.31. The van der Waals surface area contributed by atoms with Crippen LogP contribution in [0.3, 0.4) is 0 Å². The number of carbonyl (C=O) groups excluding carboxylic acids is 2. The number of likely N-dealkylation sites (N-methyl/N-ethyl adjacent to an activating group) is 1. The maximum absolute atomic E-state index is 13.2. The summed E-state index contributed by atoms with van der Waals surface area (Å²) in [5, 5.41) is 2.72. The maximum atomic E-state index is 13.2. The second-order valence-corrected chi connectivity index (χ2v) is 9.19. The highest BCUT2D eigenvalue weighted by molar-refractivity contribution is 7.92. The number of hydrogen-bond donors (Lipinski definition) is 1. The molecule has 0 bridgehead atoms. The Labute approximate surface area is 187 Å². The molecule has 1 N–H and O–H groups in total. The third-order valence-corrected chi connectivity index (χ3v) is 6.17. The predicted molar refractivity (Wildman–Crippen MR) is 121 cm³/mol. The van der Waals surface area contributed by atoms with Gasteiger partial charge < -0.3 is 15.0 Å². The molecule has 0 saturated carbocycles. The van der Waals surface area contributed by atoms with Crippen molar-refractivity contribution in [3.05, 3.63) is 59.1 Å². The van der Waals surface area contributed by atoms with Crippen LogP contribution in [0, 0.1) is 0 Å². The molecule has 0 aliphatic rings. The SMILES string of the molecule is CNC(=O)C(C)N(Cc1ccc(OC)cc1)C(=O)CN(c1ccccc1Cl)S(C)(=O)=O. The lowest BCUT2D eigenvalue weighted by molar-refractivity contribution is -0.139. The molecule has 10 heteroatoms. The van der Waals surface area contributed by atoms with Crippen molar-refractivity contribution < 1.29 is 22.7 Å². The molecule has 2 aromatic carbocycles. The first-order valence-corrected chi connectivity index (χ1v) is 11.7. The van der Waals surface area contributed by atoms with Crippen molar-refractivity contribution in [2.75, 3.05) is 31.3 Å². The Morgan fingerprint density at radius 3 is 2.26 bits per heavy atom. The van der Waals surface area contributed by atoms with Crippen molar-refractivity contribution in [2.24, 2.45) is 0 Å². The number of nitrogens with zero attached hydrogens (tertiary/aromatic N) is 2. The number of hydrogen-bond acceptors (Lipinski definition) is 5. The molecule has 0 radical (unpaired) electrons. The van der Waals surface area contributed by atoms with Gasteiger partial charge in [-0.1, -0.05) is 35.9 Å². The molecule has 0 saturated heterocycles. The van der Waals surface area contributed by atoms with E-state index in [1.807, 2.05) is 0 Å². The van der Waals surface area contributed by atoms with Gasteiger partial charge in [0, 0.05) is 13.6 Å². The molecule has 8 nitrogen and oxygen atoms in total. The maximum Gasteiger partial charge on any atom is 0.244 e. The zero-order valence-electron chi connectivity index (χ0n) is 17.8. The number of ether oxygens (including phenoxy) is 1. The van der Waals surface area contributed by atoms with E-state index in [2.05, 4.69) is 5.32 Å². The largest absolute Gasteiger partial charge is 0.497 e. The van der Waals surface area contributed by atoms with E-state index in [1.165, 1.54) is 18.0 Å². The van der Waals surface area contributed by atoms with Crippen LogP contribution in [0.5, 0.6) is 5.75 Å². The van der Waals surface area contributed by atoms with Crippen LogP contribution in [0.1, 0.15) is 12.5 Å². The van der Waals surface area contributed by atoms with Crippen LogP contribution in [0.25, 0.3) is 0 Å². The number of nitrogens with one attached hydrogen (secondary N) is 1. The van der Waals surface area contributed by atoms with E-state index in [-0.39, 0.29) is 23.2 Å². The van der Waals surface area contributed by atoms with Crippen molar-refractivity contribution in [3.63, 3.8) is 0 Å². The average Bonchev–Trinajstić information content (AvgIpc) is 2.74. The fraction of sp³-hybridized carbons (Fsp3) is 0.333. The lowest BCUT2D eigenvalue weighted by Crippen LogP contribution is -2.50. The topological polar surface area (TPSA) is 96.0 Å². The minimum atomic E-state index is -3.82. The molecule has 0 heterocycles. The van der Waals surface area contributed by atoms with Gasteiger partial charge in [0.05, 0.1) is 24.1 Å². The third-order valence-electron chi connectivity index (χ3n) is 4.73. The van der Waals surface area contributed by atoms with E-state index < -0.39 is 28.5 Å². The molecule has 0 fully saturated rings. The predicted octanol–water partition coefficient (Wildman–Crippen LogP) is 2.28. The number of amides is 2. The zero-order valence-corrected chi connectivity index (χ0v) is 19.4. The third kappa shape index (κ3) is 6.35. The number of halogens is 1. The van der Waals surface area contributed by atoms with Crippen molar-refractivity contribution in [3.8, 4) is 5.75 Å². The summed E-state index contributed by atoms with van der Waals surface area (Å²) < 4.78 is 31.0. The standard InChI is InChI=1S/C21H26ClN3O5S/c1-15(21(27)23-2)24(13-16-9-11-17(30-3)12-10-16)20(26)14-25(31(4,28)29)19-8-6-5-7-18(19)22/h5-12,15H,13-14H2,1-4H3,(H,23,27). The van der Waals surface area contributed by atoms with E-state index in [1.54, 1.807) is 56.5 Å². The second-order valence-electron chi connectivity index (χ2n) is 6.88. The minimum Gasteiger partial charge on any atom is -0.497 e. The van der Waals surface area contributed by atoms with Gasteiger partial charge in [-0.2, -0.15) is 0 Å². The van der Waals surface area contributed by atoms with Crippen molar-refractivity contribution in [2.45, 2.75) is 19.5 Å². The molecule has 2 amide bonds. The highest BCUT2D eigenvalue weighted by atomic mass is 35.5. The first-order valence-electron chi connectivity index (χ1n) is 9.44. The van der Waals surface area contributed by atoms with Gasteiger partial charge in [-0.25, -0.2) is 8.42 Å². The van der Waals surface area contributed by atoms with Gasteiger partial charge in [-0.3, -0.25) is 13.9 Å². The second kappa shape index (κ2) is 10.5. The summed E-state index contributed by atoms with van der Waals surface area (Å²) in [5.74, 6) is -0.259. The van der Waals surface area contributed by atoms with E-state index in [0.29, 0.717) is 5.75 Å². The Morgan fingerprint density at radius 2 is 1.74 bits per heavy atom. The molecule has 2 rings (SSSR count). The molecule has 168 valence electrons. The van der Waals surface area contributed by atoms with Gasteiger partial charge in [0.15, 0.2) is 0 Å². The summed E-state index contributed by atoms with van der Waals surface area (Å²) in [7, 11) is -0.796. The number of methoxy groups -OCH3 is 1. The quantitative estimate of drug-likeness (QED) is 0.610. The van der Waals surface area contributed by atoms with Gasteiger partial charge >= 0.3 is 0 Å². The van der Waals surface area contributed by atoms with E-state index in [0.717, 1.165) is 16.1 Å². The molecule has 2 aromatic rings. The minimum absolute atomic E-state index is 0.109. The number of sulfonamides is 1. The molecular weight excluding hydrogens is 442 g/mol. The monoisotopic (exact) mass is 467 g/mol. The van der Waals surface area contributed by atoms with Crippen molar-refractivity contribution in [1.82, 2.24) is 10.2 Å². The zero-order chi connectivity index (χ0) is 23.2. The Bertz CT molecular complexity index is 1030. The van der Waals surface area contributed by atoms with E-state index >= 15 is 0 Å². The fourth-order valence-corrected chi connectivity index (χ4v) is 4.12. The molecule has 0 aromatic heterocycles. The molecule has 0 aliphatic carbocycles. The van der Waals surface area contributed by atoms with Crippen molar-refractivity contribution in [1.29, 1.82) is 0 Å². The first-order chi connectivity index (χ1) is 14.6. The Kier molecular flexibility index (Phi) is 8.29. The average molecular weight is 468 g/mol. The van der Waals surface area contributed by atoms with Gasteiger partial charge in [0.2, 0.25) is 21.8 Å². The summed E-state index contributed by atoms with van der Waals surface area (Å²) in [6, 6.07) is 12.6. The van der Waals surface area contributed by atoms with Crippen molar-refractivity contribution >= 4 is 39.1 Å². The molecule has 0 aliphatic heterocycles. The molecular formula is C21H26ClN3O5S. The van der Waals surface area contributed by atoms with Gasteiger partial charge in [0.1, 0.15) is 18.3 Å². The van der Waals surface area contributed by atoms with Crippen LogP contribution >= 0.6 is 11.6 Å². The Hall–Kier alpha value is -2.78. The van der Waals surface area contributed by atoms with Crippen LogP contribution < -0.4 is 14.4 Å². The van der Waals surface area contributed by atoms with Gasteiger partial charge in [0.25, 0.3) is 0 Å². The number of rotatable bonds is 9. The smallest absolute Gasteiger partial charge is 0.244 e. The lowest BCUT2D eigenvalue weighted by atomic mass is 10.1. The van der Waals surface area contributed by atoms with Crippen LogP contribution in [0.4, 0.5) is 5.69 Å². The van der Waals surface area contributed by atoms with Gasteiger partial charge in [-0.05, 0) is 36.8 Å². The highest BCUT2D eigenvalue weighted by Gasteiger charge is 2.30. The first kappa shape index (κ1) is 24.5. The number of anilines is 1. The summed E-state index contributed by atoms with van der Waals surface area (Å²) in [6.07, 6.45) is 1.000. The molecule has 1 unspecified atom stereocenters. The highest BCUT2D eigenvalue weighted by Crippen LogP contribution is 2.27. The number of carbonyl (C=O) groups is 2. The Morgan fingerprint density at radius 1 is 1.13 bits per heavy atom.